The van der Waals surface area contributed by atoms with Crippen LogP contribution in [0, 0.1) is 0 Å². The Morgan fingerprint density at radius 3 is 1.61 bits per heavy atom. The fourth-order valence-corrected chi connectivity index (χ4v) is 7.66. The van der Waals surface area contributed by atoms with Crippen molar-refractivity contribution in [2.45, 2.75) is 25.7 Å². The Morgan fingerprint density at radius 1 is 0.435 bits per heavy atom. The van der Waals surface area contributed by atoms with Gasteiger partial charge in [0.1, 0.15) is 0 Å². The van der Waals surface area contributed by atoms with E-state index in [9.17, 15) is 0 Å². The summed E-state index contributed by atoms with van der Waals surface area (Å²) in [6.07, 6.45) is 4.52. The zero-order chi connectivity index (χ0) is 30.6. The van der Waals surface area contributed by atoms with Gasteiger partial charge in [0.2, 0.25) is 0 Å². The standard InChI is InChI=1S/C43H35N3/c1-30-14-4-3-13-27-44(31-23-25-33(26-24-31)45-39-20-10-7-17-34(39)35-18-8-11-21-40(35)45)42-29-38-36-19-9-12-22-41(36)46(43(38)28-37(30)42)32-15-5-2-6-16-32/h2,5-12,15-26,28-29H,1,3-4,13-14,27H2. The molecular weight excluding hydrogens is 558 g/mol. The largest absolute Gasteiger partial charge is 0.341 e. The minimum absolute atomic E-state index is 0.970. The van der Waals surface area contributed by atoms with Crippen LogP contribution in [-0.4, -0.2) is 15.7 Å². The number of fused-ring (bicyclic) bond motifs is 7. The number of rotatable bonds is 3. The van der Waals surface area contributed by atoms with E-state index in [1.807, 2.05) is 0 Å². The van der Waals surface area contributed by atoms with Crippen molar-refractivity contribution in [2.24, 2.45) is 0 Å². The Kier molecular flexibility index (Phi) is 6.31. The molecule has 0 aliphatic carbocycles. The summed E-state index contributed by atoms with van der Waals surface area (Å²) >= 11 is 0. The molecule has 8 aromatic rings. The lowest BCUT2D eigenvalue weighted by molar-refractivity contribution is 0.698. The number of para-hydroxylation sites is 4. The molecule has 222 valence electrons. The molecule has 0 N–H and O–H groups in total. The van der Waals surface area contributed by atoms with E-state index in [1.165, 1.54) is 90.3 Å². The van der Waals surface area contributed by atoms with Gasteiger partial charge in [-0.25, -0.2) is 0 Å². The van der Waals surface area contributed by atoms with Crippen LogP contribution in [0.4, 0.5) is 11.4 Å². The summed E-state index contributed by atoms with van der Waals surface area (Å²) in [6.45, 7) is 5.63. The summed E-state index contributed by atoms with van der Waals surface area (Å²) in [5.41, 5.74) is 12.2. The van der Waals surface area contributed by atoms with Crippen LogP contribution in [0.15, 0.2) is 146 Å². The van der Waals surface area contributed by atoms with Crippen molar-refractivity contribution in [3.8, 4) is 11.4 Å². The smallest absolute Gasteiger partial charge is 0.0548 e. The second-order valence-electron chi connectivity index (χ2n) is 12.5. The lowest BCUT2D eigenvalue weighted by Gasteiger charge is -2.28. The van der Waals surface area contributed by atoms with Gasteiger partial charge in [-0.15, -0.1) is 0 Å². The first-order valence-corrected chi connectivity index (χ1v) is 16.4. The molecular formula is C43H35N3. The van der Waals surface area contributed by atoms with E-state index in [0.717, 1.165) is 19.4 Å². The third kappa shape index (κ3) is 4.19. The molecule has 0 saturated heterocycles. The van der Waals surface area contributed by atoms with E-state index in [1.54, 1.807) is 0 Å². The highest BCUT2D eigenvalue weighted by molar-refractivity contribution is 6.12. The van der Waals surface area contributed by atoms with Gasteiger partial charge in [-0.1, -0.05) is 85.8 Å². The van der Waals surface area contributed by atoms with Gasteiger partial charge in [0, 0.05) is 56.4 Å². The summed E-state index contributed by atoms with van der Waals surface area (Å²) in [7, 11) is 0. The predicted molar refractivity (Wildman–Crippen MR) is 196 cm³/mol. The second kappa shape index (κ2) is 10.8. The molecule has 0 amide bonds. The van der Waals surface area contributed by atoms with Crippen LogP contribution in [0.1, 0.15) is 31.2 Å². The summed E-state index contributed by atoms with van der Waals surface area (Å²) in [5.74, 6) is 0. The Bertz CT molecular complexity index is 2350. The van der Waals surface area contributed by atoms with E-state index in [-0.39, 0.29) is 0 Å². The fraction of sp³-hybridized carbons (Fsp3) is 0.116. The van der Waals surface area contributed by atoms with Gasteiger partial charge in [0.15, 0.2) is 0 Å². The third-order valence-electron chi connectivity index (χ3n) is 9.84. The molecule has 0 radical (unpaired) electrons. The normalized spacial score (nSPS) is 14.1. The third-order valence-corrected chi connectivity index (χ3v) is 9.84. The molecule has 1 aliphatic heterocycles. The molecule has 0 atom stereocenters. The van der Waals surface area contributed by atoms with Gasteiger partial charge in [-0.3, -0.25) is 0 Å². The van der Waals surface area contributed by atoms with E-state index in [0.29, 0.717) is 0 Å². The molecule has 3 heterocycles. The first kappa shape index (κ1) is 26.8. The Morgan fingerprint density at radius 2 is 0.957 bits per heavy atom. The number of hydrogen-bond acceptors (Lipinski definition) is 1. The highest BCUT2D eigenvalue weighted by Gasteiger charge is 2.22. The Labute approximate surface area is 269 Å². The molecule has 3 heteroatoms. The van der Waals surface area contributed by atoms with Gasteiger partial charge in [0.05, 0.1) is 22.1 Å². The molecule has 0 saturated carbocycles. The number of hydrogen-bond donors (Lipinski definition) is 0. The highest BCUT2D eigenvalue weighted by Crippen LogP contribution is 2.42. The summed E-state index contributed by atoms with van der Waals surface area (Å²) in [5, 5.41) is 5.12. The lowest BCUT2D eigenvalue weighted by atomic mass is 9.98. The predicted octanol–water partition coefficient (Wildman–Crippen LogP) is 11.6. The molecule has 2 aromatic heterocycles. The maximum Gasteiger partial charge on any atom is 0.0548 e. The summed E-state index contributed by atoms with van der Waals surface area (Å²) in [6, 6.07) is 51.0. The van der Waals surface area contributed by atoms with Crippen LogP contribution < -0.4 is 4.90 Å². The van der Waals surface area contributed by atoms with Gasteiger partial charge in [-0.2, -0.15) is 0 Å². The maximum absolute atomic E-state index is 4.66. The number of nitrogens with zero attached hydrogens (tertiary/aromatic N) is 3. The Balaban J connectivity index is 1.23. The zero-order valence-corrected chi connectivity index (χ0v) is 25.9. The molecule has 3 nitrogen and oxygen atoms in total. The lowest BCUT2D eigenvalue weighted by Crippen LogP contribution is -2.19. The number of aromatic nitrogens is 2. The van der Waals surface area contributed by atoms with E-state index in [2.05, 4.69) is 160 Å². The molecule has 9 rings (SSSR count). The van der Waals surface area contributed by atoms with Crippen LogP contribution in [0.5, 0.6) is 0 Å². The summed E-state index contributed by atoms with van der Waals surface area (Å²) < 4.78 is 4.81. The Hall–Kier alpha value is -5.54. The first-order valence-electron chi connectivity index (χ1n) is 16.4. The number of benzene rings is 6. The SMILES string of the molecule is C=C1CCCCCN(c2ccc(-n3c4ccccc4c4ccccc43)cc2)c2cc3c4ccccc4n(-c4ccccc4)c3cc21. The highest BCUT2D eigenvalue weighted by atomic mass is 15.1. The van der Waals surface area contributed by atoms with E-state index >= 15 is 0 Å². The van der Waals surface area contributed by atoms with Gasteiger partial charge in [-0.05, 0) is 91.6 Å². The molecule has 46 heavy (non-hydrogen) atoms. The second-order valence-corrected chi connectivity index (χ2v) is 12.5. The van der Waals surface area contributed by atoms with E-state index in [4.69, 9.17) is 0 Å². The van der Waals surface area contributed by atoms with Crippen LogP contribution in [0.25, 0.3) is 60.6 Å². The van der Waals surface area contributed by atoms with Crippen molar-refractivity contribution in [1.82, 2.24) is 9.13 Å². The zero-order valence-electron chi connectivity index (χ0n) is 25.9. The topological polar surface area (TPSA) is 13.1 Å². The monoisotopic (exact) mass is 593 g/mol. The number of allylic oxidation sites excluding steroid dienone is 1. The minimum Gasteiger partial charge on any atom is -0.341 e. The van der Waals surface area contributed by atoms with E-state index < -0.39 is 0 Å². The van der Waals surface area contributed by atoms with Crippen LogP contribution >= 0.6 is 0 Å². The maximum atomic E-state index is 4.66. The van der Waals surface area contributed by atoms with Gasteiger partial charge >= 0.3 is 0 Å². The number of anilines is 2. The fourth-order valence-electron chi connectivity index (χ4n) is 7.66. The first-order chi connectivity index (χ1) is 22.8. The van der Waals surface area contributed by atoms with Crippen molar-refractivity contribution < 1.29 is 0 Å². The average Bonchev–Trinajstić information content (AvgIpc) is 3.64. The van der Waals surface area contributed by atoms with Crippen molar-refractivity contribution >= 4 is 60.6 Å². The molecule has 1 aliphatic rings. The average molecular weight is 594 g/mol. The minimum atomic E-state index is 0.970. The molecule has 0 bridgehead atoms. The molecule has 0 spiro atoms. The van der Waals surface area contributed by atoms with Crippen LogP contribution in [0.2, 0.25) is 0 Å². The quantitative estimate of drug-likeness (QED) is 0.199. The van der Waals surface area contributed by atoms with Crippen molar-refractivity contribution in [3.05, 3.63) is 152 Å². The van der Waals surface area contributed by atoms with Gasteiger partial charge < -0.3 is 14.0 Å². The van der Waals surface area contributed by atoms with Gasteiger partial charge in [0.25, 0.3) is 0 Å². The summed E-state index contributed by atoms with van der Waals surface area (Å²) in [4.78, 5) is 2.54. The molecule has 6 aromatic carbocycles. The van der Waals surface area contributed by atoms with Crippen molar-refractivity contribution in [2.75, 3.05) is 11.4 Å². The van der Waals surface area contributed by atoms with Crippen molar-refractivity contribution in [1.29, 1.82) is 0 Å². The van der Waals surface area contributed by atoms with Crippen LogP contribution in [-0.2, 0) is 0 Å². The molecule has 0 fully saturated rings. The molecule has 0 unspecified atom stereocenters. The van der Waals surface area contributed by atoms with Crippen LogP contribution in [0.3, 0.4) is 0 Å². The van der Waals surface area contributed by atoms with Crippen molar-refractivity contribution in [3.63, 3.8) is 0 Å².